The Morgan fingerprint density at radius 2 is 1.79 bits per heavy atom. The molecule has 19 heavy (non-hydrogen) atoms. The van der Waals surface area contributed by atoms with E-state index < -0.39 is 23.0 Å². The number of anilines is 1. The van der Waals surface area contributed by atoms with E-state index in [9.17, 15) is 13.6 Å². The Morgan fingerprint density at radius 3 is 2.32 bits per heavy atom. The van der Waals surface area contributed by atoms with Gasteiger partial charge in [0.1, 0.15) is 5.82 Å². The zero-order chi connectivity index (χ0) is 14.3. The van der Waals surface area contributed by atoms with E-state index in [4.69, 9.17) is 5.73 Å². The van der Waals surface area contributed by atoms with Crippen molar-refractivity contribution < 1.29 is 13.6 Å². The van der Waals surface area contributed by atoms with Crippen LogP contribution in [0.25, 0.3) is 0 Å². The van der Waals surface area contributed by atoms with Gasteiger partial charge in [0.05, 0.1) is 16.9 Å². The van der Waals surface area contributed by atoms with Gasteiger partial charge >= 0.3 is 0 Å². The summed E-state index contributed by atoms with van der Waals surface area (Å²) in [5, 5.41) is 0. The third-order valence-electron chi connectivity index (χ3n) is 3.39. The lowest BCUT2D eigenvalue weighted by molar-refractivity contribution is 0.102. The van der Waals surface area contributed by atoms with Gasteiger partial charge in [-0.25, -0.2) is 8.78 Å². The van der Waals surface area contributed by atoms with Crippen molar-refractivity contribution in [2.45, 2.75) is 20.8 Å². The largest absolute Gasteiger partial charge is 0.396 e. The number of nitrogen functional groups attached to an aromatic ring is 1. The number of hydrogen-bond acceptors (Lipinski definition) is 2. The molecule has 2 rings (SSSR count). The summed E-state index contributed by atoms with van der Waals surface area (Å²) in [5.41, 5.74) is 7.08. The number of aromatic nitrogens is 1. The van der Waals surface area contributed by atoms with Crippen LogP contribution in [0.1, 0.15) is 32.9 Å². The standard InChI is InChI=1S/C14H14F2N2O/c1-6-7(2)13(18-8(6)3)14(19)11-9(15)4-5-10(17)12(11)16/h4-5,18H,17H2,1-3H3. The van der Waals surface area contributed by atoms with Gasteiger partial charge in [-0.3, -0.25) is 4.79 Å². The summed E-state index contributed by atoms with van der Waals surface area (Å²) < 4.78 is 27.5. The van der Waals surface area contributed by atoms with Gasteiger partial charge in [-0.05, 0) is 44.0 Å². The van der Waals surface area contributed by atoms with E-state index in [0.29, 0.717) is 5.56 Å². The van der Waals surface area contributed by atoms with Crippen molar-refractivity contribution in [1.82, 2.24) is 4.98 Å². The third kappa shape index (κ3) is 2.01. The fourth-order valence-corrected chi connectivity index (χ4v) is 1.97. The summed E-state index contributed by atoms with van der Waals surface area (Å²) in [4.78, 5) is 15.1. The number of ketones is 1. The van der Waals surface area contributed by atoms with Crippen LogP contribution in [0.4, 0.5) is 14.5 Å². The molecule has 0 radical (unpaired) electrons. The number of aryl methyl sites for hydroxylation is 1. The smallest absolute Gasteiger partial charge is 0.215 e. The molecular weight excluding hydrogens is 250 g/mol. The van der Waals surface area contributed by atoms with Gasteiger partial charge in [-0.1, -0.05) is 0 Å². The van der Waals surface area contributed by atoms with E-state index in [1.807, 2.05) is 6.92 Å². The molecule has 0 bridgehead atoms. The van der Waals surface area contributed by atoms with Crippen molar-refractivity contribution in [3.05, 3.63) is 51.8 Å². The van der Waals surface area contributed by atoms with Crippen LogP contribution >= 0.6 is 0 Å². The fraction of sp³-hybridized carbons (Fsp3) is 0.214. The number of carbonyl (C=O) groups excluding carboxylic acids is 1. The fourth-order valence-electron chi connectivity index (χ4n) is 1.97. The molecule has 0 atom stereocenters. The van der Waals surface area contributed by atoms with E-state index in [1.165, 1.54) is 0 Å². The van der Waals surface area contributed by atoms with Crippen molar-refractivity contribution in [2.75, 3.05) is 5.73 Å². The van der Waals surface area contributed by atoms with Gasteiger partial charge in [0.25, 0.3) is 0 Å². The summed E-state index contributed by atoms with van der Waals surface area (Å²) in [5.74, 6) is -2.66. The highest BCUT2D eigenvalue weighted by molar-refractivity contribution is 6.09. The number of carbonyl (C=O) groups is 1. The Labute approximate surface area is 109 Å². The first-order valence-corrected chi connectivity index (χ1v) is 5.78. The molecule has 1 aromatic heterocycles. The Bertz CT molecular complexity index is 675. The Hall–Kier alpha value is -2.17. The summed E-state index contributed by atoms with van der Waals surface area (Å²) >= 11 is 0. The number of hydrogen-bond donors (Lipinski definition) is 2. The predicted octanol–water partition coefficient (Wildman–Crippen LogP) is 3.03. The number of nitrogens with one attached hydrogen (secondary N) is 1. The van der Waals surface area contributed by atoms with Crippen molar-refractivity contribution in [2.24, 2.45) is 0 Å². The molecule has 2 aromatic rings. The summed E-state index contributed by atoms with van der Waals surface area (Å²) in [6, 6.07) is 2.09. The molecule has 3 N–H and O–H groups in total. The first-order chi connectivity index (χ1) is 8.84. The van der Waals surface area contributed by atoms with E-state index in [-0.39, 0.29) is 11.4 Å². The van der Waals surface area contributed by atoms with Gasteiger partial charge in [-0.15, -0.1) is 0 Å². The summed E-state index contributed by atoms with van der Waals surface area (Å²) in [7, 11) is 0. The molecule has 0 saturated heterocycles. The maximum Gasteiger partial charge on any atom is 0.215 e. The zero-order valence-electron chi connectivity index (χ0n) is 10.9. The first-order valence-electron chi connectivity index (χ1n) is 5.78. The van der Waals surface area contributed by atoms with Crippen molar-refractivity contribution in [3.63, 3.8) is 0 Å². The maximum atomic E-state index is 13.8. The molecule has 0 aliphatic rings. The Balaban J connectivity index is 2.63. The predicted molar refractivity (Wildman–Crippen MR) is 69.2 cm³/mol. The molecule has 0 spiro atoms. The average Bonchev–Trinajstić information content (AvgIpc) is 2.62. The Kier molecular flexibility index (Phi) is 3.14. The molecule has 0 aliphatic carbocycles. The van der Waals surface area contributed by atoms with Crippen LogP contribution in [0.3, 0.4) is 0 Å². The lowest BCUT2D eigenvalue weighted by Crippen LogP contribution is -2.11. The molecule has 5 heteroatoms. The van der Waals surface area contributed by atoms with E-state index in [2.05, 4.69) is 4.98 Å². The molecule has 1 heterocycles. The molecule has 0 aliphatic heterocycles. The minimum atomic E-state index is -1.02. The van der Waals surface area contributed by atoms with Crippen molar-refractivity contribution in [1.29, 1.82) is 0 Å². The number of nitrogens with two attached hydrogens (primary N) is 1. The third-order valence-corrected chi connectivity index (χ3v) is 3.39. The number of aromatic amines is 1. The molecule has 1 aromatic carbocycles. The lowest BCUT2D eigenvalue weighted by Gasteiger charge is -2.06. The molecule has 0 fully saturated rings. The van der Waals surface area contributed by atoms with Crippen molar-refractivity contribution >= 4 is 11.5 Å². The van der Waals surface area contributed by atoms with Gasteiger partial charge in [0.15, 0.2) is 5.82 Å². The molecule has 0 unspecified atom stereocenters. The normalized spacial score (nSPS) is 10.8. The maximum absolute atomic E-state index is 13.8. The second-order valence-corrected chi connectivity index (χ2v) is 4.53. The van der Waals surface area contributed by atoms with Crippen LogP contribution in [-0.2, 0) is 0 Å². The number of halogens is 2. The summed E-state index contributed by atoms with van der Waals surface area (Å²) in [6.07, 6.45) is 0. The van der Waals surface area contributed by atoms with Gasteiger partial charge in [0.2, 0.25) is 5.78 Å². The number of benzene rings is 1. The topological polar surface area (TPSA) is 58.9 Å². The van der Waals surface area contributed by atoms with Crippen LogP contribution < -0.4 is 5.73 Å². The molecule has 0 saturated carbocycles. The number of H-pyrrole nitrogens is 1. The molecule has 3 nitrogen and oxygen atoms in total. The highest BCUT2D eigenvalue weighted by Crippen LogP contribution is 2.24. The first kappa shape index (κ1) is 13.3. The van der Waals surface area contributed by atoms with Crippen LogP contribution in [0.2, 0.25) is 0 Å². The molecule has 100 valence electrons. The van der Waals surface area contributed by atoms with Crippen LogP contribution in [0.15, 0.2) is 12.1 Å². The minimum Gasteiger partial charge on any atom is -0.396 e. The summed E-state index contributed by atoms with van der Waals surface area (Å²) in [6.45, 7) is 5.36. The lowest BCUT2D eigenvalue weighted by atomic mass is 10.0. The number of rotatable bonds is 2. The zero-order valence-corrected chi connectivity index (χ0v) is 10.9. The minimum absolute atomic E-state index is 0.193. The molecule has 0 amide bonds. The van der Waals surface area contributed by atoms with Gasteiger partial charge in [-0.2, -0.15) is 0 Å². The van der Waals surface area contributed by atoms with Crippen molar-refractivity contribution in [3.8, 4) is 0 Å². The van der Waals surface area contributed by atoms with Gasteiger partial charge in [0, 0.05) is 5.69 Å². The molecular formula is C14H14F2N2O. The van der Waals surface area contributed by atoms with E-state index >= 15 is 0 Å². The highest BCUT2D eigenvalue weighted by Gasteiger charge is 2.24. The monoisotopic (exact) mass is 264 g/mol. The SMILES string of the molecule is Cc1[nH]c(C(=O)c2c(F)ccc(N)c2F)c(C)c1C. The van der Waals surface area contributed by atoms with E-state index in [0.717, 1.165) is 23.4 Å². The van der Waals surface area contributed by atoms with Crippen LogP contribution in [0.5, 0.6) is 0 Å². The second-order valence-electron chi connectivity index (χ2n) is 4.53. The van der Waals surface area contributed by atoms with Crippen LogP contribution in [-0.4, -0.2) is 10.8 Å². The highest BCUT2D eigenvalue weighted by atomic mass is 19.1. The quantitative estimate of drug-likeness (QED) is 0.647. The second kappa shape index (κ2) is 4.50. The average molecular weight is 264 g/mol. The van der Waals surface area contributed by atoms with E-state index in [1.54, 1.807) is 13.8 Å². The van der Waals surface area contributed by atoms with Crippen LogP contribution in [0, 0.1) is 32.4 Å². The Morgan fingerprint density at radius 1 is 1.16 bits per heavy atom. The van der Waals surface area contributed by atoms with Gasteiger partial charge < -0.3 is 10.7 Å².